The van der Waals surface area contributed by atoms with Crippen LogP contribution in [0.5, 0.6) is 0 Å². The van der Waals surface area contributed by atoms with Gasteiger partial charge in [-0.2, -0.15) is 0 Å². The number of carbonyl (C=O) groups is 2. The molecule has 1 N–H and O–H groups in total. The van der Waals surface area contributed by atoms with Crippen LogP contribution in [0.4, 0.5) is 10.7 Å². The van der Waals surface area contributed by atoms with E-state index in [4.69, 9.17) is 0 Å². The summed E-state index contributed by atoms with van der Waals surface area (Å²) in [4.78, 5) is 38.5. The Labute approximate surface area is 152 Å². The van der Waals surface area contributed by atoms with E-state index < -0.39 is 11.9 Å². The van der Waals surface area contributed by atoms with Gasteiger partial charge in [-0.3, -0.25) is 15.0 Å². The summed E-state index contributed by atoms with van der Waals surface area (Å²) in [6.45, 7) is 4.36. The minimum absolute atomic E-state index is 0.299. The summed E-state index contributed by atoms with van der Waals surface area (Å²) in [6.07, 6.45) is 8.25. The summed E-state index contributed by atoms with van der Waals surface area (Å²) in [7, 11) is 1.57. The second-order valence-corrected chi connectivity index (χ2v) is 7.09. The molecule has 3 fully saturated rings. The zero-order valence-corrected chi connectivity index (χ0v) is 15.0. The summed E-state index contributed by atoms with van der Waals surface area (Å²) < 4.78 is 0. The quantitative estimate of drug-likeness (QED) is 0.644. The van der Waals surface area contributed by atoms with Crippen molar-refractivity contribution >= 4 is 24.0 Å². The second-order valence-electron chi connectivity index (χ2n) is 7.09. The number of aromatic nitrogens is 2. The van der Waals surface area contributed by atoms with Gasteiger partial charge in [0.1, 0.15) is 5.70 Å². The van der Waals surface area contributed by atoms with Crippen molar-refractivity contribution in [3.63, 3.8) is 0 Å². The van der Waals surface area contributed by atoms with Gasteiger partial charge in [-0.15, -0.1) is 0 Å². The van der Waals surface area contributed by atoms with Crippen LogP contribution in [0.15, 0.2) is 18.0 Å². The highest BCUT2D eigenvalue weighted by molar-refractivity contribution is 6.13. The highest BCUT2D eigenvalue weighted by Gasteiger charge is 2.30. The van der Waals surface area contributed by atoms with Crippen LogP contribution in [0, 0.1) is 0 Å². The second kappa shape index (κ2) is 7.03. The first-order chi connectivity index (χ1) is 12.6. The molecule has 1 aromatic rings. The summed E-state index contributed by atoms with van der Waals surface area (Å²) in [5, 5.41) is 2.27. The molecule has 4 heterocycles. The molecule has 8 heteroatoms. The van der Waals surface area contributed by atoms with Crippen LogP contribution in [-0.2, 0) is 4.79 Å². The average molecular weight is 356 g/mol. The number of imide groups is 1. The van der Waals surface area contributed by atoms with Gasteiger partial charge in [-0.1, -0.05) is 0 Å². The Bertz CT molecular complexity index is 735. The predicted octanol–water partition coefficient (Wildman–Crippen LogP) is 1.06. The molecule has 0 saturated carbocycles. The van der Waals surface area contributed by atoms with Crippen LogP contribution in [0.1, 0.15) is 31.4 Å². The highest BCUT2D eigenvalue weighted by Crippen LogP contribution is 2.23. The lowest BCUT2D eigenvalue weighted by Gasteiger charge is -2.36. The van der Waals surface area contributed by atoms with Gasteiger partial charge in [0.05, 0.1) is 5.69 Å². The maximum Gasteiger partial charge on any atom is 0.328 e. The fourth-order valence-corrected chi connectivity index (χ4v) is 3.94. The number of amides is 3. The summed E-state index contributed by atoms with van der Waals surface area (Å²) in [5.41, 5.74) is 0.927. The number of urea groups is 1. The van der Waals surface area contributed by atoms with Gasteiger partial charge in [-0.05, 0) is 50.9 Å². The molecule has 0 spiro atoms. The molecule has 8 nitrogen and oxygen atoms in total. The molecular formula is C18H24N6O2. The van der Waals surface area contributed by atoms with Gasteiger partial charge in [-0.25, -0.2) is 14.8 Å². The number of nitrogens with one attached hydrogen (secondary N) is 1. The minimum Gasteiger partial charge on any atom is -0.341 e. The van der Waals surface area contributed by atoms with Gasteiger partial charge in [0, 0.05) is 32.4 Å². The van der Waals surface area contributed by atoms with E-state index in [1.807, 2.05) is 0 Å². The van der Waals surface area contributed by atoms with Crippen molar-refractivity contribution in [3.05, 3.63) is 23.7 Å². The first kappa shape index (κ1) is 17.0. The molecule has 1 aromatic heterocycles. The smallest absolute Gasteiger partial charge is 0.328 e. The Kier molecular flexibility index (Phi) is 4.58. The normalized spacial score (nSPS) is 24.0. The van der Waals surface area contributed by atoms with E-state index in [0.717, 1.165) is 25.9 Å². The molecular weight excluding hydrogens is 332 g/mol. The van der Waals surface area contributed by atoms with E-state index in [2.05, 4.69) is 25.1 Å². The van der Waals surface area contributed by atoms with Crippen molar-refractivity contribution < 1.29 is 9.59 Å². The first-order valence-corrected chi connectivity index (χ1v) is 9.24. The maximum absolute atomic E-state index is 11.8. The standard InChI is InChI=1S/C18H24N6O2/c1-22-15(16(25)21-18(22)26)12-13-4-7-19-17(20-13)24-10-5-14(6-11-24)23-8-2-3-9-23/h4,7,12,14H,2-3,5-6,8-11H2,1H3,(H,21,25,26). The summed E-state index contributed by atoms with van der Waals surface area (Å²) in [5.74, 6) is 0.288. The van der Waals surface area contributed by atoms with Crippen molar-refractivity contribution in [2.24, 2.45) is 0 Å². The lowest BCUT2D eigenvalue weighted by atomic mass is 10.0. The van der Waals surface area contributed by atoms with Crippen LogP contribution < -0.4 is 10.2 Å². The summed E-state index contributed by atoms with van der Waals surface area (Å²) in [6, 6.07) is 2.01. The Morgan fingerprint density at radius 3 is 2.54 bits per heavy atom. The maximum atomic E-state index is 11.8. The molecule has 0 atom stereocenters. The largest absolute Gasteiger partial charge is 0.341 e. The van der Waals surface area contributed by atoms with E-state index >= 15 is 0 Å². The Balaban J connectivity index is 1.45. The first-order valence-electron chi connectivity index (χ1n) is 9.24. The predicted molar refractivity (Wildman–Crippen MR) is 97.4 cm³/mol. The third-order valence-electron chi connectivity index (χ3n) is 5.47. The Morgan fingerprint density at radius 2 is 1.88 bits per heavy atom. The fourth-order valence-electron chi connectivity index (χ4n) is 3.94. The SMILES string of the molecule is CN1C(=O)NC(=O)C1=Cc1ccnc(N2CCC(N3CCCC3)CC2)n1. The lowest BCUT2D eigenvalue weighted by molar-refractivity contribution is -0.115. The molecule has 0 aromatic carbocycles. The Morgan fingerprint density at radius 1 is 1.15 bits per heavy atom. The number of piperidine rings is 1. The molecule has 0 bridgehead atoms. The molecule has 4 rings (SSSR count). The van der Waals surface area contributed by atoms with E-state index in [1.54, 1.807) is 25.4 Å². The summed E-state index contributed by atoms with van der Waals surface area (Å²) >= 11 is 0. The minimum atomic E-state index is -0.417. The van der Waals surface area contributed by atoms with E-state index in [1.165, 1.54) is 30.8 Å². The van der Waals surface area contributed by atoms with Crippen molar-refractivity contribution in [3.8, 4) is 0 Å². The van der Waals surface area contributed by atoms with E-state index in [9.17, 15) is 9.59 Å². The van der Waals surface area contributed by atoms with Crippen LogP contribution in [0.2, 0.25) is 0 Å². The Hall–Kier alpha value is -2.48. The van der Waals surface area contributed by atoms with Gasteiger partial charge in [0.15, 0.2) is 0 Å². The number of hydrogen-bond acceptors (Lipinski definition) is 6. The number of carbonyl (C=O) groups excluding carboxylic acids is 2. The van der Waals surface area contributed by atoms with Crippen molar-refractivity contribution in [2.45, 2.75) is 31.7 Å². The van der Waals surface area contributed by atoms with Gasteiger partial charge < -0.3 is 9.80 Å². The third kappa shape index (κ3) is 3.29. The topological polar surface area (TPSA) is 81.7 Å². The molecule has 0 radical (unpaired) electrons. The zero-order valence-electron chi connectivity index (χ0n) is 15.0. The van der Waals surface area contributed by atoms with Crippen LogP contribution >= 0.6 is 0 Å². The third-order valence-corrected chi connectivity index (χ3v) is 5.47. The number of rotatable bonds is 3. The number of anilines is 1. The molecule has 26 heavy (non-hydrogen) atoms. The van der Waals surface area contributed by atoms with Gasteiger partial charge in [0.25, 0.3) is 5.91 Å². The van der Waals surface area contributed by atoms with Crippen LogP contribution in [-0.4, -0.2) is 71.0 Å². The number of likely N-dealkylation sites (tertiary alicyclic amines) is 1. The average Bonchev–Trinajstić information content (AvgIpc) is 3.27. The molecule has 0 aliphatic carbocycles. The van der Waals surface area contributed by atoms with Crippen molar-refractivity contribution in [2.75, 3.05) is 38.1 Å². The van der Waals surface area contributed by atoms with Gasteiger partial charge in [0.2, 0.25) is 5.95 Å². The van der Waals surface area contributed by atoms with Crippen molar-refractivity contribution in [1.29, 1.82) is 0 Å². The molecule has 3 amide bonds. The number of hydrogen-bond donors (Lipinski definition) is 1. The van der Waals surface area contributed by atoms with Gasteiger partial charge >= 0.3 is 6.03 Å². The lowest BCUT2D eigenvalue weighted by Crippen LogP contribution is -2.44. The van der Waals surface area contributed by atoms with Crippen molar-refractivity contribution in [1.82, 2.24) is 25.1 Å². The fraction of sp³-hybridized carbons (Fsp3) is 0.556. The van der Waals surface area contributed by atoms with E-state index in [-0.39, 0.29) is 0 Å². The number of nitrogens with zero attached hydrogens (tertiary/aromatic N) is 5. The monoisotopic (exact) mass is 356 g/mol. The molecule has 3 saturated heterocycles. The van der Waals surface area contributed by atoms with Crippen LogP contribution in [0.3, 0.4) is 0 Å². The van der Waals surface area contributed by atoms with E-state index in [0.29, 0.717) is 23.4 Å². The molecule has 3 aliphatic heterocycles. The number of likely N-dealkylation sites (N-methyl/N-ethyl adjacent to an activating group) is 1. The molecule has 138 valence electrons. The highest BCUT2D eigenvalue weighted by atomic mass is 16.2. The molecule has 3 aliphatic rings. The molecule has 0 unspecified atom stereocenters. The zero-order chi connectivity index (χ0) is 18.1. The van der Waals surface area contributed by atoms with Crippen LogP contribution in [0.25, 0.3) is 6.08 Å².